The molecule has 0 amide bonds. The van der Waals surface area contributed by atoms with Crippen molar-refractivity contribution in [2.24, 2.45) is 0 Å². The van der Waals surface area contributed by atoms with Crippen LogP contribution >= 0.6 is 0 Å². The molecule has 0 radical (unpaired) electrons. The van der Waals surface area contributed by atoms with Crippen LogP contribution in [-0.2, 0) is 9.47 Å². The summed E-state index contributed by atoms with van der Waals surface area (Å²) in [5, 5.41) is 0. The van der Waals surface area contributed by atoms with Gasteiger partial charge in [0.2, 0.25) is 0 Å². The number of likely N-dealkylation sites (N-methyl/N-ethyl adjacent to an activating group) is 1. The summed E-state index contributed by atoms with van der Waals surface area (Å²) in [7, 11) is 3.91. The van der Waals surface area contributed by atoms with Crippen molar-refractivity contribution in [1.82, 2.24) is 9.80 Å². The lowest BCUT2D eigenvalue weighted by molar-refractivity contribution is -0.0528. The number of piperazine rings is 1. The van der Waals surface area contributed by atoms with E-state index in [1.165, 1.54) is 0 Å². The van der Waals surface area contributed by atoms with Crippen molar-refractivity contribution in [1.29, 1.82) is 0 Å². The van der Waals surface area contributed by atoms with E-state index in [0.29, 0.717) is 6.61 Å². The Hall–Kier alpha value is -0.160. The first-order valence-corrected chi connectivity index (χ1v) is 6.17. The molecule has 0 aromatic rings. The van der Waals surface area contributed by atoms with Crippen molar-refractivity contribution < 1.29 is 9.47 Å². The van der Waals surface area contributed by atoms with Gasteiger partial charge in [0.05, 0.1) is 18.8 Å². The van der Waals surface area contributed by atoms with E-state index in [9.17, 15) is 0 Å². The Balaban J connectivity index is 2.30. The van der Waals surface area contributed by atoms with Crippen LogP contribution < -0.4 is 0 Å². The molecule has 0 aromatic heterocycles. The fourth-order valence-corrected chi connectivity index (χ4v) is 2.02. The van der Waals surface area contributed by atoms with Gasteiger partial charge in [0.1, 0.15) is 0 Å². The molecule has 1 fully saturated rings. The first-order chi connectivity index (χ1) is 7.61. The third-order valence-corrected chi connectivity index (χ3v) is 2.87. The van der Waals surface area contributed by atoms with Gasteiger partial charge in [0, 0.05) is 39.8 Å². The highest BCUT2D eigenvalue weighted by molar-refractivity contribution is 4.73. The van der Waals surface area contributed by atoms with Gasteiger partial charge < -0.3 is 14.4 Å². The topological polar surface area (TPSA) is 24.9 Å². The van der Waals surface area contributed by atoms with Crippen LogP contribution in [0.3, 0.4) is 0 Å². The molecule has 4 heteroatoms. The average Bonchev–Trinajstić information content (AvgIpc) is 2.21. The predicted molar refractivity (Wildman–Crippen MR) is 65.8 cm³/mol. The fraction of sp³-hybridized carbons (Fsp3) is 1.00. The van der Waals surface area contributed by atoms with E-state index in [2.05, 4.69) is 30.7 Å². The summed E-state index contributed by atoms with van der Waals surface area (Å²) in [4.78, 5) is 4.83. The number of hydrogen-bond acceptors (Lipinski definition) is 4. The minimum Gasteiger partial charge on any atom is -0.382 e. The number of ether oxygens (including phenoxy) is 2. The fourth-order valence-electron chi connectivity index (χ4n) is 2.02. The van der Waals surface area contributed by atoms with Crippen molar-refractivity contribution >= 4 is 0 Å². The van der Waals surface area contributed by atoms with E-state index in [1.807, 2.05) is 0 Å². The Bertz CT molecular complexity index is 180. The van der Waals surface area contributed by atoms with Gasteiger partial charge >= 0.3 is 0 Å². The van der Waals surface area contributed by atoms with Crippen molar-refractivity contribution in [3.63, 3.8) is 0 Å². The summed E-state index contributed by atoms with van der Waals surface area (Å²) < 4.78 is 11.0. The Morgan fingerprint density at radius 2 is 1.75 bits per heavy atom. The van der Waals surface area contributed by atoms with Gasteiger partial charge in [-0.15, -0.1) is 0 Å². The van der Waals surface area contributed by atoms with Gasteiger partial charge in [0.25, 0.3) is 0 Å². The third-order valence-electron chi connectivity index (χ3n) is 2.87. The molecule has 0 saturated carbocycles. The second kappa shape index (κ2) is 7.22. The monoisotopic (exact) mass is 230 g/mol. The maximum Gasteiger partial charge on any atom is 0.0938 e. The first-order valence-electron chi connectivity index (χ1n) is 6.17. The predicted octanol–water partition coefficient (Wildman–Crippen LogP) is 0.674. The average molecular weight is 230 g/mol. The molecule has 1 saturated heterocycles. The Morgan fingerprint density at radius 1 is 1.12 bits per heavy atom. The van der Waals surface area contributed by atoms with Crippen molar-refractivity contribution in [3.05, 3.63) is 0 Å². The second-order valence-electron chi connectivity index (χ2n) is 4.87. The maximum absolute atomic E-state index is 5.84. The molecule has 1 unspecified atom stereocenters. The largest absolute Gasteiger partial charge is 0.382 e. The van der Waals surface area contributed by atoms with E-state index >= 15 is 0 Å². The van der Waals surface area contributed by atoms with Crippen LogP contribution in [0.2, 0.25) is 0 Å². The molecule has 0 N–H and O–H groups in total. The SMILES string of the molecule is COCC(CN1CCN(C)CC1)OC(C)C. The smallest absolute Gasteiger partial charge is 0.0938 e. The molecular formula is C12H26N2O2. The van der Waals surface area contributed by atoms with Crippen LogP contribution in [0, 0.1) is 0 Å². The van der Waals surface area contributed by atoms with Crippen LogP contribution in [0.15, 0.2) is 0 Å². The van der Waals surface area contributed by atoms with Crippen LogP contribution in [-0.4, -0.2) is 75.5 Å². The highest BCUT2D eigenvalue weighted by atomic mass is 16.5. The Kier molecular flexibility index (Phi) is 6.28. The summed E-state index contributed by atoms with van der Waals surface area (Å²) in [6.07, 6.45) is 0.473. The normalized spacial score (nSPS) is 21.6. The molecule has 1 aliphatic rings. The lowest BCUT2D eigenvalue weighted by Gasteiger charge is -2.34. The summed E-state index contributed by atoms with van der Waals surface area (Å²) in [5.74, 6) is 0. The van der Waals surface area contributed by atoms with Gasteiger partial charge in [-0.2, -0.15) is 0 Å². The zero-order valence-corrected chi connectivity index (χ0v) is 11.1. The van der Waals surface area contributed by atoms with E-state index in [0.717, 1.165) is 32.7 Å². The maximum atomic E-state index is 5.84. The quantitative estimate of drug-likeness (QED) is 0.670. The molecular weight excluding hydrogens is 204 g/mol. The van der Waals surface area contributed by atoms with Gasteiger partial charge in [-0.3, -0.25) is 4.90 Å². The first kappa shape index (κ1) is 13.9. The van der Waals surface area contributed by atoms with Crippen LogP contribution in [0.1, 0.15) is 13.8 Å². The number of nitrogens with zero attached hydrogens (tertiary/aromatic N) is 2. The number of methoxy groups -OCH3 is 1. The molecule has 1 heterocycles. The summed E-state index contributed by atoms with van der Waals surface area (Å²) in [6.45, 7) is 10.4. The summed E-state index contributed by atoms with van der Waals surface area (Å²) in [5.41, 5.74) is 0. The Labute approximate surface area is 99.5 Å². The Morgan fingerprint density at radius 3 is 2.25 bits per heavy atom. The summed E-state index contributed by atoms with van der Waals surface area (Å²) in [6, 6.07) is 0. The van der Waals surface area contributed by atoms with E-state index in [1.54, 1.807) is 7.11 Å². The van der Waals surface area contributed by atoms with Gasteiger partial charge in [-0.05, 0) is 20.9 Å². The molecule has 0 spiro atoms. The number of hydrogen-bond donors (Lipinski definition) is 0. The van der Waals surface area contributed by atoms with Crippen LogP contribution in [0.4, 0.5) is 0 Å². The molecule has 4 nitrogen and oxygen atoms in total. The molecule has 1 rings (SSSR count). The van der Waals surface area contributed by atoms with Crippen molar-refractivity contribution in [3.8, 4) is 0 Å². The van der Waals surface area contributed by atoms with Crippen LogP contribution in [0.5, 0.6) is 0 Å². The molecule has 0 bridgehead atoms. The highest BCUT2D eigenvalue weighted by Crippen LogP contribution is 2.05. The molecule has 96 valence electrons. The molecule has 16 heavy (non-hydrogen) atoms. The van der Waals surface area contributed by atoms with Gasteiger partial charge in [0.15, 0.2) is 0 Å². The van der Waals surface area contributed by atoms with Gasteiger partial charge in [-0.1, -0.05) is 0 Å². The molecule has 1 atom stereocenters. The van der Waals surface area contributed by atoms with E-state index < -0.39 is 0 Å². The summed E-state index contributed by atoms with van der Waals surface area (Å²) >= 11 is 0. The zero-order chi connectivity index (χ0) is 12.0. The van der Waals surface area contributed by atoms with Crippen molar-refractivity contribution in [2.75, 3.05) is 53.5 Å². The van der Waals surface area contributed by atoms with Crippen LogP contribution in [0.25, 0.3) is 0 Å². The minimum absolute atomic E-state index is 0.202. The molecule has 0 aliphatic carbocycles. The zero-order valence-electron chi connectivity index (χ0n) is 11.1. The molecule has 0 aromatic carbocycles. The second-order valence-corrected chi connectivity index (χ2v) is 4.87. The standard InChI is InChI=1S/C12H26N2O2/c1-11(2)16-12(10-15-4)9-14-7-5-13(3)6-8-14/h11-12H,5-10H2,1-4H3. The minimum atomic E-state index is 0.202. The number of rotatable bonds is 6. The van der Waals surface area contributed by atoms with Crippen molar-refractivity contribution in [2.45, 2.75) is 26.1 Å². The third kappa shape index (κ3) is 5.25. The lowest BCUT2D eigenvalue weighted by atomic mass is 10.2. The van der Waals surface area contributed by atoms with Gasteiger partial charge in [-0.25, -0.2) is 0 Å². The molecule has 1 aliphatic heterocycles. The van der Waals surface area contributed by atoms with E-state index in [4.69, 9.17) is 9.47 Å². The lowest BCUT2D eigenvalue weighted by Crippen LogP contribution is -2.48. The van der Waals surface area contributed by atoms with E-state index in [-0.39, 0.29) is 12.2 Å². The highest BCUT2D eigenvalue weighted by Gasteiger charge is 2.19.